The van der Waals surface area contributed by atoms with Gasteiger partial charge < -0.3 is 20.5 Å². The van der Waals surface area contributed by atoms with Gasteiger partial charge in [-0.2, -0.15) is 4.98 Å². The molecule has 25 heavy (non-hydrogen) atoms. The first kappa shape index (κ1) is 16.4. The molecule has 0 saturated carbocycles. The van der Waals surface area contributed by atoms with Gasteiger partial charge in [-0.25, -0.2) is 4.98 Å². The van der Waals surface area contributed by atoms with Crippen molar-refractivity contribution in [3.05, 3.63) is 47.9 Å². The maximum Gasteiger partial charge on any atom is 0.229 e. The summed E-state index contributed by atoms with van der Waals surface area (Å²) in [7, 11) is 0. The standard InChI is InChI=1S/C17H18N6O2/c1-10-8-15(21-16-9-11(2)25-23-16)22-17(18-10)20-14-6-4-13(5-7-14)19-12(3)24/h4-9H,1-3H3,(H,19,24)(H2,18,20,21,22,23). The van der Waals surface area contributed by atoms with Crippen LogP contribution in [0.2, 0.25) is 0 Å². The maximum absolute atomic E-state index is 11.1. The van der Waals surface area contributed by atoms with Gasteiger partial charge in [0.15, 0.2) is 5.82 Å². The summed E-state index contributed by atoms with van der Waals surface area (Å²) in [5.41, 5.74) is 2.34. The van der Waals surface area contributed by atoms with Crippen molar-refractivity contribution in [1.82, 2.24) is 15.1 Å². The molecule has 0 aliphatic carbocycles. The Bertz CT molecular complexity index is 888. The molecule has 8 nitrogen and oxygen atoms in total. The summed E-state index contributed by atoms with van der Waals surface area (Å²) in [5.74, 6) is 2.25. The molecule has 0 aliphatic rings. The van der Waals surface area contributed by atoms with Crippen LogP contribution in [0.3, 0.4) is 0 Å². The van der Waals surface area contributed by atoms with E-state index in [2.05, 4.69) is 31.1 Å². The first-order chi connectivity index (χ1) is 12.0. The SMILES string of the molecule is CC(=O)Nc1ccc(Nc2nc(C)cc(Nc3cc(C)on3)n2)cc1. The Balaban J connectivity index is 1.74. The number of amides is 1. The van der Waals surface area contributed by atoms with Crippen molar-refractivity contribution in [2.45, 2.75) is 20.8 Å². The molecule has 0 aliphatic heterocycles. The topological polar surface area (TPSA) is 105 Å². The number of hydrogen-bond acceptors (Lipinski definition) is 7. The van der Waals surface area contributed by atoms with Crippen molar-refractivity contribution in [2.75, 3.05) is 16.0 Å². The Hall–Kier alpha value is -3.42. The van der Waals surface area contributed by atoms with Crippen LogP contribution in [0.1, 0.15) is 18.4 Å². The predicted octanol–water partition coefficient (Wildman–Crippen LogP) is 3.53. The number of nitrogens with one attached hydrogen (secondary N) is 3. The third kappa shape index (κ3) is 4.54. The molecule has 0 spiro atoms. The van der Waals surface area contributed by atoms with Crippen LogP contribution in [0, 0.1) is 13.8 Å². The van der Waals surface area contributed by atoms with Crippen LogP contribution < -0.4 is 16.0 Å². The number of nitrogens with zero attached hydrogens (tertiary/aromatic N) is 3. The monoisotopic (exact) mass is 338 g/mol. The molecule has 128 valence electrons. The minimum atomic E-state index is -0.110. The fourth-order valence-electron chi connectivity index (χ4n) is 2.21. The zero-order valence-electron chi connectivity index (χ0n) is 14.1. The maximum atomic E-state index is 11.1. The number of rotatable bonds is 5. The molecule has 0 atom stereocenters. The van der Waals surface area contributed by atoms with Crippen molar-refractivity contribution in [2.24, 2.45) is 0 Å². The van der Waals surface area contributed by atoms with E-state index in [1.54, 1.807) is 18.2 Å². The van der Waals surface area contributed by atoms with E-state index in [1.807, 2.05) is 32.0 Å². The number of carbonyl (C=O) groups excluding carboxylic acids is 1. The summed E-state index contributed by atoms with van der Waals surface area (Å²) in [6.45, 7) is 5.17. The second kappa shape index (κ2) is 7.00. The molecular formula is C17H18N6O2. The lowest BCUT2D eigenvalue weighted by Gasteiger charge is -2.09. The molecular weight excluding hydrogens is 320 g/mol. The van der Waals surface area contributed by atoms with Crippen LogP contribution in [0.15, 0.2) is 40.9 Å². The molecule has 0 unspecified atom stereocenters. The molecule has 3 rings (SSSR count). The van der Waals surface area contributed by atoms with Gasteiger partial charge >= 0.3 is 0 Å². The molecule has 1 amide bonds. The Morgan fingerprint density at radius 2 is 1.68 bits per heavy atom. The number of benzene rings is 1. The minimum Gasteiger partial charge on any atom is -0.360 e. The van der Waals surface area contributed by atoms with Crippen molar-refractivity contribution in [3.8, 4) is 0 Å². The average Bonchev–Trinajstić information content (AvgIpc) is 2.93. The zero-order chi connectivity index (χ0) is 17.8. The van der Waals surface area contributed by atoms with Crippen LogP contribution in [-0.2, 0) is 4.79 Å². The van der Waals surface area contributed by atoms with Gasteiger partial charge in [-0.1, -0.05) is 5.16 Å². The van der Waals surface area contributed by atoms with E-state index in [4.69, 9.17) is 4.52 Å². The summed E-state index contributed by atoms with van der Waals surface area (Å²) >= 11 is 0. The van der Waals surface area contributed by atoms with E-state index in [0.29, 0.717) is 23.3 Å². The molecule has 0 bridgehead atoms. The molecule has 0 radical (unpaired) electrons. The van der Waals surface area contributed by atoms with Crippen molar-refractivity contribution >= 4 is 34.9 Å². The Labute approximate surface area is 144 Å². The highest BCUT2D eigenvalue weighted by Gasteiger charge is 2.06. The number of anilines is 5. The van der Waals surface area contributed by atoms with E-state index in [0.717, 1.165) is 17.1 Å². The average molecular weight is 338 g/mol. The lowest BCUT2D eigenvalue weighted by atomic mass is 10.3. The van der Waals surface area contributed by atoms with Gasteiger partial charge in [-0.05, 0) is 38.1 Å². The first-order valence-electron chi connectivity index (χ1n) is 7.68. The van der Waals surface area contributed by atoms with Gasteiger partial charge in [0.05, 0.1) is 0 Å². The fraction of sp³-hybridized carbons (Fsp3) is 0.176. The molecule has 2 aromatic heterocycles. The molecule has 2 heterocycles. The van der Waals surface area contributed by atoms with Gasteiger partial charge in [-0.3, -0.25) is 4.79 Å². The highest BCUT2D eigenvalue weighted by molar-refractivity contribution is 5.88. The largest absolute Gasteiger partial charge is 0.360 e. The lowest BCUT2D eigenvalue weighted by Crippen LogP contribution is -2.06. The fourth-order valence-corrected chi connectivity index (χ4v) is 2.21. The number of aryl methyl sites for hydroxylation is 2. The van der Waals surface area contributed by atoms with Crippen LogP contribution in [0.25, 0.3) is 0 Å². The van der Waals surface area contributed by atoms with Gasteiger partial charge in [-0.15, -0.1) is 0 Å². The quantitative estimate of drug-likeness (QED) is 0.653. The summed E-state index contributed by atoms with van der Waals surface area (Å²) in [6, 6.07) is 10.9. The summed E-state index contributed by atoms with van der Waals surface area (Å²) in [6.07, 6.45) is 0. The van der Waals surface area contributed by atoms with Crippen LogP contribution in [-0.4, -0.2) is 21.0 Å². The lowest BCUT2D eigenvalue weighted by molar-refractivity contribution is -0.114. The van der Waals surface area contributed by atoms with Gasteiger partial charge in [0.25, 0.3) is 0 Å². The second-order valence-corrected chi connectivity index (χ2v) is 5.55. The van der Waals surface area contributed by atoms with Gasteiger partial charge in [0.2, 0.25) is 11.9 Å². The molecule has 0 saturated heterocycles. The molecule has 1 aromatic carbocycles. The molecule has 3 aromatic rings. The summed E-state index contributed by atoms with van der Waals surface area (Å²) in [5, 5.41) is 12.8. The highest BCUT2D eigenvalue weighted by atomic mass is 16.5. The Morgan fingerprint density at radius 3 is 2.32 bits per heavy atom. The van der Waals surface area contributed by atoms with E-state index < -0.39 is 0 Å². The molecule has 0 fully saturated rings. The second-order valence-electron chi connectivity index (χ2n) is 5.55. The van der Waals surface area contributed by atoms with E-state index in [-0.39, 0.29) is 5.91 Å². The molecule has 3 N–H and O–H groups in total. The van der Waals surface area contributed by atoms with E-state index in [9.17, 15) is 4.79 Å². The van der Waals surface area contributed by atoms with Crippen LogP contribution >= 0.6 is 0 Å². The zero-order valence-corrected chi connectivity index (χ0v) is 14.1. The van der Waals surface area contributed by atoms with Crippen LogP contribution in [0.5, 0.6) is 0 Å². The normalized spacial score (nSPS) is 10.4. The third-order valence-corrected chi connectivity index (χ3v) is 3.20. The minimum absolute atomic E-state index is 0.110. The number of hydrogen-bond donors (Lipinski definition) is 3. The number of aromatic nitrogens is 3. The predicted molar refractivity (Wildman–Crippen MR) is 95.3 cm³/mol. The van der Waals surface area contributed by atoms with E-state index in [1.165, 1.54) is 6.92 Å². The number of carbonyl (C=O) groups is 1. The summed E-state index contributed by atoms with van der Waals surface area (Å²) in [4.78, 5) is 19.8. The van der Waals surface area contributed by atoms with Crippen molar-refractivity contribution in [1.29, 1.82) is 0 Å². The smallest absolute Gasteiger partial charge is 0.229 e. The Morgan fingerprint density at radius 1 is 0.960 bits per heavy atom. The van der Waals surface area contributed by atoms with Crippen molar-refractivity contribution < 1.29 is 9.32 Å². The van der Waals surface area contributed by atoms with Gasteiger partial charge in [0.1, 0.15) is 11.6 Å². The third-order valence-electron chi connectivity index (χ3n) is 3.20. The molecule has 8 heteroatoms. The highest BCUT2D eigenvalue weighted by Crippen LogP contribution is 2.20. The van der Waals surface area contributed by atoms with Crippen LogP contribution in [0.4, 0.5) is 29.0 Å². The Kier molecular flexibility index (Phi) is 4.60. The van der Waals surface area contributed by atoms with E-state index >= 15 is 0 Å². The first-order valence-corrected chi connectivity index (χ1v) is 7.68. The van der Waals surface area contributed by atoms with Gasteiger partial charge in [0, 0.05) is 36.1 Å². The summed E-state index contributed by atoms with van der Waals surface area (Å²) < 4.78 is 5.03. The van der Waals surface area contributed by atoms with Crippen molar-refractivity contribution in [3.63, 3.8) is 0 Å².